The molecule has 0 atom stereocenters. The summed E-state index contributed by atoms with van der Waals surface area (Å²) in [6.45, 7) is 4.43. The number of hydrogen-bond acceptors (Lipinski definition) is 4. The molecule has 5 nitrogen and oxygen atoms in total. The van der Waals surface area contributed by atoms with Crippen LogP contribution in [0.1, 0.15) is 44.6 Å². The molecule has 0 amide bonds. The second-order valence-electron chi connectivity index (χ2n) is 5.73. The third kappa shape index (κ3) is 4.20. The zero-order valence-electron chi connectivity index (χ0n) is 13.9. The predicted octanol–water partition coefficient (Wildman–Crippen LogP) is 3.23. The highest BCUT2D eigenvalue weighted by atomic mass is 32.1. The fourth-order valence-electron chi connectivity index (χ4n) is 2.79. The Morgan fingerprint density at radius 3 is 2.25 bits per heavy atom. The number of hydrogen-bond donors (Lipinski definition) is 3. The number of rotatable bonds is 4. The van der Waals surface area contributed by atoms with Crippen LogP contribution in [0.3, 0.4) is 0 Å². The Bertz CT molecular complexity index is 660. The Balaban J connectivity index is 2.10. The topological polar surface area (TPSA) is 78.4 Å². The quantitative estimate of drug-likeness (QED) is 0.336. The third-order valence-electron chi connectivity index (χ3n) is 4.02. The van der Waals surface area contributed by atoms with Crippen molar-refractivity contribution >= 4 is 34.6 Å². The van der Waals surface area contributed by atoms with Gasteiger partial charge in [-0.05, 0) is 42.8 Å². The van der Waals surface area contributed by atoms with Gasteiger partial charge in [0.2, 0.25) is 0 Å². The van der Waals surface area contributed by atoms with E-state index in [4.69, 9.17) is 12.2 Å². The first-order chi connectivity index (χ1) is 11.5. The van der Waals surface area contributed by atoms with Crippen LogP contribution in [0.15, 0.2) is 35.6 Å². The minimum Gasteiger partial charge on any atom is -0.511 e. The Labute approximate surface area is 147 Å². The lowest BCUT2D eigenvalue weighted by Crippen LogP contribution is -2.28. The van der Waals surface area contributed by atoms with Gasteiger partial charge in [0.05, 0.1) is 5.57 Å². The number of Topliss-reactive ketones (excluding diaryl/α,β-unsaturated/α-hetero) is 2. The average molecular weight is 346 g/mol. The van der Waals surface area contributed by atoms with Crippen LogP contribution >= 0.6 is 12.2 Å². The van der Waals surface area contributed by atoms with Crippen molar-refractivity contribution < 1.29 is 14.7 Å². The Hall–Kier alpha value is -2.21. The van der Waals surface area contributed by atoms with Crippen LogP contribution in [0, 0.1) is 0 Å². The first kappa shape index (κ1) is 18.1. The number of aliphatic hydroxyl groups excluding tert-OH is 1. The van der Waals surface area contributed by atoms with Gasteiger partial charge in [-0.1, -0.05) is 19.1 Å². The smallest absolute Gasteiger partial charge is 0.170 e. The molecule has 2 rings (SSSR count). The molecular formula is C18H22N2O3S. The zero-order valence-corrected chi connectivity index (χ0v) is 14.7. The summed E-state index contributed by atoms with van der Waals surface area (Å²) in [6.07, 6.45) is 0.783. The van der Waals surface area contributed by atoms with Gasteiger partial charge in [-0.15, -0.1) is 0 Å². The van der Waals surface area contributed by atoms with E-state index in [1.807, 2.05) is 31.2 Å². The molecule has 128 valence electrons. The van der Waals surface area contributed by atoms with E-state index in [1.54, 1.807) is 6.92 Å². The number of ketones is 2. The highest BCUT2D eigenvalue weighted by Gasteiger charge is 2.33. The number of carbonyl (C=O) groups is 2. The fraction of sp³-hybridized carbons (Fsp3) is 0.389. The summed E-state index contributed by atoms with van der Waals surface area (Å²) >= 11 is 5.13. The van der Waals surface area contributed by atoms with Crippen molar-refractivity contribution in [2.24, 2.45) is 0 Å². The number of aliphatic hydroxyl groups is 1. The summed E-state index contributed by atoms with van der Waals surface area (Å²) in [5, 5.41) is 16.4. The fourth-order valence-corrected chi connectivity index (χ4v) is 3.05. The molecule has 1 aromatic carbocycles. The van der Waals surface area contributed by atoms with Gasteiger partial charge in [0.15, 0.2) is 16.7 Å². The number of benzene rings is 1. The molecule has 0 aliphatic heterocycles. The van der Waals surface area contributed by atoms with Crippen LogP contribution in [0.4, 0.5) is 5.69 Å². The predicted molar refractivity (Wildman–Crippen MR) is 98.3 cm³/mol. The van der Waals surface area contributed by atoms with Crippen LogP contribution in [0.2, 0.25) is 0 Å². The van der Waals surface area contributed by atoms with Crippen molar-refractivity contribution in [1.29, 1.82) is 0 Å². The lowest BCUT2D eigenvalue weighted by Gasteiger charge is -2.23. The molecule has 24 heavy (non-hydrogen) atoms. The third-order valence-corrected chi connectivity index (χ3v) is 4.27. The lowest BCUT2D eigenvalue weighted by atomic mass is 9.79. The van der Waals surface area contributed by atoms with E-state index in [2.05, 4.69) is 10.6 Å². The molecule has 0 bridgehead atoms. The van der Waals surface area contributed by atoms with Crippen molar-refractivity contribution in [3.8, 4) is 0 Å². The van der Waals surface area contributed by atoms with Gasteiger partial charge in [0.1, 0.15) is 5.76 Å². The van der Waals surface area contributed by atoms with Crippen LogP contribution in [0.25, 0.3) is 0 Å². The highest BCUT2D eigenvalue weighted by Crippen LogP contribution is 2.33. The van der Waals surface area contributed by atoms with E-state index in [0.717, 1.165) is 17.8 Å². The maximum atomic E-state index is 12.2. The summed E-state index contributed by atoms with van der Waals surface area (Å²) in [4.78, 5) is 24.4. The summed E-state index contributed by atoms with van der Waals surface area (Å²) in [6, 6.07) is 7.55. The van der Waals surface area contributed by atoms with Gasteiger partial charge in [-0.2, -0.15) is 0 Å². The van der Waals surface area contributed by atoms with Crippen LogP contribution < -0.4 is 10.6 Å². The first-order valence-corrected chi connectivity index (χ1v) is 8.50. The Morgan fingerprint density at radius 1 is 1.17 bits per heavy atom. The van der Waals surface area contributed by atoms with E-state index >= 15 is 0 Å². The molecule has 1 fully saturated rings. The SMILES string of the molecule is CCNC(=S)Nc1ccc(C2CC(=O)C(=C(O)CC)C(=O)C2)cc1. The second-order valence-corrected chi connectivity index (χ2v) is 6.14. The van der Waals surface area contributed by atoms with E-state index < -0.39 is 0 Å². The van der Waals surface area contributed by atoms with E-state index in [1.165, 1.54) is 0 Å². The van der Waals surface area contributed by atoms with E-state index in [0.29, 0.717) is 11.5 Å². The van der Waals surface area contributed by atoms with Crippen molar-refractivity contribution in [1.82, 2.24) is 5.32 Å². The van der Waals surface area contributed by atoms with Gasteiger partial charge < -0.3 is 15.7 Å². The van der Waals surface area contributed by atoms with Crippen LogP contribution in [0.5, 0.6) is 0 Å². The summed E-state index contributed by atoms with van der Waals surface area (Å²) in [5.74, 6) is -0.787. The molecule has 1 saturated carbocycles. The second kappa shape index (κ2) is 8.06. The molecule has 1 aliphatic rings. The number of anilines is 1. The van der Waals surface area contributed by atoms with Crippen molar-refractivity contribution in [2.45, 2.75) is 39.0 Å². The number of thiocarbonyl (C=S) groups is 1. The number of carbonyl (C=O) groups excluding carboxylic acids is 2. The van der Waals surface area contributed by atoms with Gasteiger partial charge >= 0.3 is 0 Å². The van der Waals surface area contributed by atoms with Crippen molar-refractivity contribution in [3.63, 3.8) is 0 Å². The minimum absolute atomic E-state index is 0.0111. The number of nitrogens with one attached hydrogen (secondary N) is 2. The molecule has 0 spiro atoms. The molecular weight excluding hydrogens is 324 g/mol. The highest BCUT2D eigenvalue weighted by molar-refractivity contribution is 7.80. The van der Waals surface area contributed by atoms with E-state index in [-0.39, 0.29) is 41.7 Å². The minimum atomic E-state index is -0.272. The lowest BCUT2D eigenvalue weighted by molar-refractivity contribution is -0.124. The maximum Gasteiger partial charge on any atom is 0.170 e. The normalized spacial score (nSPS) is 17.6. The monoisotopic (exact) mass is 346 g/mol. The van der Waals surface area contributed by atoms with Gasteiger partial charge in [0.25, 0.3) is 0 Å². The Kier molecular flexibility index (Phi) is 6.09. The summed E-state index contributed by atoms with van der Waals surface area (Å²) < 4.78 is 0. The molecule has 0 aromatic heterocycles. The van der Waals surface area contributed by atoms with Gasteiger partial charge in [-0.3, -0.25) is 9.59 Å². The molecule has 0 unspecified atom stereocenters. The zero-order chi connectivity index (χ0) is 17.7. The molecule has 1 aliphatic carbocycles. The Morgan fingerprint density at radius 2 is 1.75 bits per heavy atom. The van der Waals surface area contributed by atoms with Crippen molar-refractivity contribution in [3.05, 3.63) is 41.2 Å². The summed E-state index contributed by atoms with van der Waals surface area (Å²) in [7, 11) is 0. The average Bonchev–Trinajstić information content (AvgIpc) is 2.54. The molecule has 3 N–H and O–H groups in total. The standard InChI is InChI=1S/C18H22N2O3S/c1-3-14(21)17-15(22)9-12(10-16(17)23)11-5-7-13(8-6-11)20-18(24)19-4-2/h5-8,12,21H,3-4,9-10H2,1-2H3,(H2,19,20,24). The maximum absolute atomic E-state index is 12.2. The van der Waals surface area contributed by atoms with Gasteiger partial charge in [0, 0.05) is 31.5 Å². The number of allylic oxidation sites excluding steroid dienone is 2. The molecule has 0 heterocycles. The largest absolute Gasteiger partial charge is 0.511 e. The molecule has 1 aromatic rings. The molecule has 6 heteroatoms. The summed E-state index contributed by atoms with van der Waals surface area (Å²) in [5.41, 5.74) is 1.78. The molecule has 0 radical (unpaired) electrons. The van der Waals surface area contributed by atoms with Crippen LogP contribution in [-0.4, -0.2) is 28.3 Å². The first-order valence-electron chi connectivity index (χ1n) is 8.09. The molecule has 0 saturated heterocycles. The van der Waals surface area contributed by atoms with Crippen molar-refractivity contribution in [2.75, 3.05) is 11.9 Å². The van der Waals surface area contributed by atoms with Crippen LogP contribution in [-0.2, 0) is 9.59 Å². The van der Waals surface area contributed by atoms with Gasteiger partial charge in [-0.25, -0.2) is 0 Å². The van der Waals surface area contributed by atoms with E-state index in [9.17, 15) is 14.7 Å².